The quantitative estimate of drug-likeness (QED) is 0.548. The molecule has 0 saturated heterocycles. The largest absolute Gasteiger partial charge is 0.143 e. The minimum absolute atomic E-state index is 0.301. The molecule has 0 nitrogen and oxygen atoms in total. The van der Waals surface area contributed by atoms with Crippen LogP contribution in [0.25, 0.3) is 0 Å². The van der Waals surface area contributed by atoms with Gasteiger partial charge in [0, 0.05) is 19.2 Å². The number of hydrogen-bond acceptors (Lipinski definition) is 1. The predicted molar refractivity (Wildman–Crippen MR) is 83.6 cm³/mol. The summed E-state index contributed by atoms with van der Waals surface area (Å²) in [4.78, 5) is 2.94. The fraction of sp³-hybridized carbons (Fsp3) is 0.231. The highest BCUT2D eigenvalue weighted by molar-refractivity contribution is 9.11. The first-order valence-corrected chi connectivity index (χ1v) is 8.11. The van der Waals surface area contributed by atoms with E-state index in [2.05, 4.69) is 50.9 Å². The van der Waals surface area contributed by atoms with E-state index < -0.39 is 0 Å². The van der Waals surface area contributed by atoms with Crippen molar-refractivity contribution in [1.82, 2.24) is 0 Å². The maximum absolute atomic E-state index is 6.17. The van der Waals surface area contributed by atoms with Gasteiger partial charge in [-0.1, -0.05) is 45.7 Å². The van der Waals surface area contributed by atoms with Gasteiger partial charge in [-0.15, -0.1) is 11.3 Å². The van der Waals surface area contributed by atoms with Crippen molar-refractivity contribution in [2.75, 3.05) is 0 Å². The Balaban J connectivity index is 2.20. The Hall–Kier alpha value is 0.170. The highest BCUT2D eigenvalue weighted by Crippen LogP contribution is 2.39. The third-order valence-electron chi connectivity index (χ3n) is 2.48. The molecule has 0 saturated carbocycles. The van der Waals surface area contributed by atoms with Gasteiger partial charge in [0.25, 0.3) is 0 Å². The van der Waals surface area contributed by atoms with Crippen molar-refractivity contribution < 1.29 is 0 Å². The number of alkyl halides is 1. The van der Waals surface area contributed by atoms with E-state index in [1.165, 1.54) is 19.8 Å². The second-order valence-electron chi connectivity index (χ2n) is 3.83. The molecule has 2 rings (SSSR count). The van der Waals surface area contributed by atoms with E-state index in [0.717, 1.165) is 11.4 Å². The van der Waals surface area contributed by atoms with Gasteiger partial charge in [-0.25, -0.2) is 0 Å². The van der Waals surface area contributed by atoms with Crippen molar-refractivity contribution in [3.05, 3.63) is 55.1 Å². The molecule has 2 aromatic rings. The summed E-state index contributed by atoms with van der Waals surface area (Å²) in [6, 6.07) is 10.1. The number of rotatable bonds is 3. The summed E-state index contributed by atoms with van der Waals surface area (Å²) in [6.45, 7) is 2.12. The third-order valence-corrected chi connectivity index (χ3v) is 6.01. The average Bonchev–Trinajstić information content (AvgIpc) is 2.61. The maximum atomic E-state index is 6.17. The van der Waals surface area contributed by atoms with Crippen molar-refractivity contribution in [2.24, 2.45) is 0 Å². The molecule has 1 atom stereocenters. The van der Waals surface area contributed by atoms with Crippen LogP contribution >= 0.6 is 54.8 Å². The first kappa shape index (κ1) is 13.6. The van der Waals surface area contributed by atoms with Crippen LogP contribution in [0.4, 0.5) is 0 Å². The van der Waals surface area contributed by atoms with Gasteiger partial charge in [-0.2, -0.15) is 0 Å². The first-order valence-electron chi connectivity index (χ1n) is 5.21. The zero-order chi connectivity index (χ0) is 12.4. The topological polar surface area (TPSA) is 0 Å². The summed E-state index contributed by atoms with van der Waals surface area (Å²) in [5, 5.41) is 0.835. The monoisotopic (exact) mass is 392 g/mol. The lowest BCUT2D eigenvalue weighted by molar-refractivity contribution is 0.965. The van der Waals surface area contributed by atoms with E-state index in [0.29, 0.717) is 4.83 Å². The standard InChI is InChI=1S/C13H11Br2ClS/c1-8-6-10(14)13(17-8)11(15)7-9-4-2-3-5-12(9)16/h2-6,11H,7H2,1H3. The molecule has 0 aliphatic rings. The molecule has 0 radical (unpaired) electrons. The van der Waals surface area contributed by atoms with Crippen LogP contribution in [0, 0.1) is 6.92 Å². The smallest absolute Gasteiger partial charge is 0.0541 e. The van der Waals surface area contributed by atoms with Gasteiger partial charge in [0.1, 0.15) is 0 Å². The highest BCUT2D eigenvalue weighted by Gasteiger charge is 2.15. The summed E-state index contributed by atoms with van der Waals surface area (Å²) in [6.07, 6.45) is 0.901. The molecule has 0 aliphatic carbocycles. The van der Waals surface area contributed by atoms with Crippen LogP contribution in [0.3, 0.4) is 0 Å². The Morgan fingerprint density at radius 2 is 2.06 bits per heavy atom. The summed E-state index contributed by atoms with van der Waals surface area (Å²) in [5.41, 5.74) is 1.17. The predicted octanol–water partition coefficient (Wildman–Crippen LogP) is 6.15. The molecule has 0 fully saturated rings. The molecule has 0 bridgehead atoms. The molecule has 4 heteroatoms. The van der Waals surface area contributed by atoms with Gasteiger partial charge in [-0.05, 0) is 47.0 Å². The Labute approximate surface area is 127 Å². The van der Waals surface area contributed by atoms with Crippen molar-refractivity contribution in [2.45, 2.75) is 18.2 Å². The van der Waals surface area contributed by atoms with E-state index >= 15 is 0 Å². The second kappa shape index (κ2) is 5.87. The van der Waals surface area contributed by atoms with Gasteiger partial charge in [-0.3, -0.25) is 0 Å². The molecule has 17 heavy (non-hydrogen) atoms. The van der Waals surface area contributed by atoms with Crippen molar-refractivity contribution >= 4 is 54.8 Å². The number of aryl methyl sites for hydroxylation is 1. The average molecular weight is 395 g/mol. The lowest BCUT2D eigenvalue weighted by Gasteiger charge is -2.10. The van der Waals surface area contributed by atoms with Gasteiger partial charge < -0.3 is 0 Å². The molecule has 1 unspecified atom stereocenters. The lowest BCUT2D eigenvalue weighted by atomic mass is 10.1. The van der Waals surface area contributed by atoms with Crippen molar-refractivity contribution in [1.29, 1.82) is 0 Å². The van der Waals surface area contributed by atoms with Crippen LogP contribution in [-0.2, 0) is 6.42 Å². The number of halogens is 3. The van der Waals surface area contributed by atoms with Crippen LogP contribution in [0.1, 0.15) is 20.1 Å². The van der Waals surface area contributed by atoms with Crippen LogP contribution in [0.2, 0.25) is 5.02 Å². The Morgan fingerprint density at radius 1 is 1.35 bits per heavy atom. The highest BCUT2D eigenvalue weighted by atomic mass is 79.9. The Bertz CT molecular complexity index is 522. The van der Waals surface area contributed by atoms with Crippen molar-refractivity contribution in [3.8, 4) is 0 Å². The van der Waals surface area contributed by atoms with Gasteiger partial charge >= 0.3 is 0 Å². The molecule has 0 aliphatic heterocycles. The van der Waals surface area contributed by atoms with Gasteiger partial charge in [0.05, 0.1) is 4.83 Å². The molecule has 0 N–H and O–H groups in total. The van der Waals surface area contributed by atoms with Crippen LogP contribution in [-0.4, -0.2) is 0 Å². The normalized spacial score (nSPS) is 12.7. The molecule has 0 spiro atoms. The summed E-state index contributed by atoms with van der Waals surface area (Å²) < 4.78 is 1.17. The molecular weight excluding hydrogens is 383 g/mol. The van der Waals surface area contributed by atoms with Crippen LogP contribution in [0.5, 0.6) is 0 Å². The molecule has 1 heterocycles. The molecule has 1 aromatic carbocycles. The SMILES string of the molecule is Cc1cc(Br)c(C(Br)Cc2ccccc2Cl)s1. The van der Waals surface area contributed by atoms with E-state index in [4.69, 9.17) is 11.6 Å². The molecule has 1 aromatic heterocycles. The van der Waals surface area contributed by atoms with Gasteiger partial charge in [0.2, 0.25) is 0 Å². The summed E-state index contributed by atoms with van der Waals surface area (Å²) in [5.74, 6) is 0. The minimum Gasteiger partial charge on any atom is -0.143 e. The molecule has 0 amide bonds. The Kier molecular flexibility index (Phi) is 4.70. The van der Waals surface area contributed by atoms with E-state index in [-0.39, 0.29) is 0 Å². The lowest BCUT2D eigenvalue weighted by Crippen LogP contribution is -1.94. The zero-order valence-electron chi connectivity index (χ0n) is 9.21. The maximum Gasteiger partial charge on any atom is 0.0541 e. The van der Waals surface area contributed by atoms with Crippen LogP contribution < -0.4 is 0 Å². The summed E-state index contributed by atoms with van der Waals surface area (Å²) in [7, 11) is 0. The number of hydrogen-bond donors (Lipinski definition) is 0. The fourth-order valence-electron chi connectivity index (χ4n) is 1.66. The Morgan fingerprint density at radius 3 is 2.65 bits per heavy atom. The van der Waals surface area contributed by atoms with Gasteiger partial charge in [0.15, 0.2) is 0 Å². The third kappa shape index (κ3) is 3.34. The van der Waals surface area contributed by atoms with Crippen molar-refractivity contribution in [3.63, 3.8) is 0 Å². The minimum atomic E-state index is 0.301. The zero-order valence-corrected chi connectivity index (χ0v) is 14.0. The number of thiophene rings is 1. The second-order valence-corrected chi connectivity index (χ2v) is 7.49. The van der Waals surface area contributed by atoms with Crippen LogP contribution in [0.15, 0.2) is 34.8 Å². The van der Waals surface area contributed by atoms with E-state index in [9.17, 15) is 0 Å². The van der Waals surface area contributed by atoms with E-state index in [1.54, 1.807) is 0 Å². The van der Waals surface area contributed by atoms with E-state index in [1.807, 2.05) is 29.5 Å². The first-order chi connectivity index (χ1) is 8.08. The fourth-order valence-corrected chi connectivity index (χ4v) is 4.97. The molecular formula is C13H11Br2ClS. The molecule has 90 valence electrons. The number of benzene rings is 1. The summed E-state index contributed by atoms with van der Waals surface area (Å²) >= 11 is 15.3.